The molecule has 1 aromatic rings. The summed E-state index contributed by atoms with van der Waals surface area (Å²) in [6, 6.07) is 9.69. The highest BCUT2D eigenvalue weighted by Crippen LogP contribution is 2.27. The molecule has 1 unspecified atom stereocenters. The van der Waals surface area contributed by atoms with Crippen LogP contribution in [-0.2, 0) is 6.42 Å². The minimum absolute atomic E-state index is 0.494. The quantitative estimate of drug-likeness (QED) is 0.743. The van der Waals surface area contributed by atoms with E-state index in [1.807, 2.05) is 0 Å². The van der Waals surface area contributed by atoms with Gasteiger partial charge in [0.2, 0.25) is 0 Å². The summed E-state index contributed by atoms with van der Waals surface area (Å²) in [5.41, 5.74) is 2.88. The fraction of sp³-hybridized carbons (Fsp3) is 0.647. The van der Waals surface area contributed by atoms with E-state index in [-0.39, 0.29) is 0 Å². The van der Waals surface area contributed by atoms with Gasteiger partial charge in [-0.2, -0.15) is 0 Å². The Morgan fingerprint density at radius 3 is 1.94 bits per heavy atom. The summed E-state index contributed by atoms with van der Waals surface area (Å²) in [6.45, 7) is 9.11. The standard InChI is InChI=1S/C17H29N/c1-6-15(7-2)17(18-5)16-10-8-14(9-11-16)12-13(3)4/h8-11,13,15,17-18H,6-7,12H2,1-5H3. The van der Waals surface area contributed by atoms with Gasteiger partial charge in [0.1, 0.15) is 0 Å². The van der Waals surface area contributed by atoms with Crippen molar-refractivity contribution in [3.63, 3.8) is 0 Å². The molecule has 0 heterocycles. The second-order valence-electron chi connectivity index (χ2n) is 5.68. The van der Waals surface area contributed by atoms with Gasteiger partial charge in [0.25, 0.3) is 0 Å². The average Bonchev–Trinajstić information content (AvgIpc) is 2.36. The lowest BCUT2D eigenvalue weighted by atomic mass is 9.88. The minimum Gasteiger partial charge on any atom is -0.313 e. The molecule has 0 saturated carbocycles. The monoisotopic (exact) mass is 247 g/mol. The highest BCUT2D eigenvalue weighted by molar-refractivity contribution is 5.25. The largest absolute Gasteiger partial charge is 0.313 e. The molecule has 0 aliphatic heterocycles. The molecule has 1 aromatic carbocycles. The maximum Gasteiger partial charge on any atom is 0.0345 e. The molecular formula is C17H29N. The van der Waals surface area contributed by atoms with E-state index >= 15 is 0 Å². The molecule has 18 heavy (non-hydrogen) atoms. The van der Waals surface area contributed by atoms with E-state index < -0.39 is 0 Å². The van der Waals surface area contributed by atoms with Crippen molar-refractivity contribution in [3.05, 3.63) is 35.4 Å². The zero-order chi connectivity index (χ0) is 13.5. The molecule has 0 aromatic heterocycles. The Labute approximate surface area is 113 Å². The van der Waals surface area contributed by atoms with Crippen LogP contribution in [-0.4, -0.2) is 7.05 Å². The van der Waals surface area contributed by atoms with Crippen molar-refractivity contribution in [2.45, 2.75) is 53.0 Å². The fourth-order valence-electron chi connectivity index (χ4n) is 2.77. The van der Waals surface area contributed by atoms with Crippen molar-refractivity contribution in [2.75, 3.05) is 7.05 Å². The molecule has 1 atom stereocenters. The zero-order valence-corrected chi connectivity index (χ0v) is 12.7. The van der Waals surface area contributed by atoms with Crippen LogP contribution in [0.1, 0.15) is 57.7 Å². The third-order valence-corrected chi connectivity index (χ3v) is 3.81. The Morgan fingerprint density at radius 2 is 1.56 bits per heavy atom. The molecule has 0 saturated heterocycles. The summed E-state index contributed by atoms with van der Waals surface area (Å²) in [6.07, 6.45) is 3.64. The Kier molecular flexibility index (Phi) is 6.42. The highest BCUT2D eigenvalue weighted by Gasteiger charge is 2.18. The predicted octanol–water partition coefficient (Wildman–Crippen LogP) is 4.58. The maximum absolute atomic E-state index is 3.48. The van der Waals surface area contributed by atoms with Gasteiger partial charge in [0.05, 0.1) is 0 Å². The molecule has 0 spiro atoms. The van der Waals surface area contributed by atoms with Gasteiger partial charge in [-0.1, -0.05) is 64.8 Å². The first kappa shape index (κ1) is 15.2. The van der Waals surface area contributed by atoms with Crippen LogP contribution in [0.25, 0.3) is 0 Å². The van der Waals surface area contributed by atoms with Crippen LogP contribution in [0.4, 0.5) is 0 Å². The van der Waals surface area contributed by atoms with Gasteiger partial charge in [-0.05, 0) is 36.4 Å². The Bertz CT molecular complexity index is 322. The van der Waals surface area contributed by atoms with Crippen molar-refractivity contribution < 1.29 is 0 Å². The number of nitrogens with one attached hydrogen (secondary N) is 1. The van der Waals surface area contributed by atoms with Gasteiger partial charge < -0.3 is 5.32 Å². The van der Waals surface area contributed by atoms with Crippen LogP contribution in [0.15, 0.2) is 24.3 Å². The van der Waals surface area contributed by atoms with Gasteiger partial charge in [-0.3, -0.25) is 0 Å². The van der Waals surface area contributed by atoms with Gasteiger partial charge >= 0.3 is 0 Å². The number of benzene rings is 1. The van der Waals surface area contributed by atoms with Crippen molar-refractivity contribution in [3.8, 4) is 0 Å². The third-order valence-electron chi connectivity index (χ3n) is 3.81. The zero-order valence-electron chi connectivity index (χ0n) is 12.7. The summed E-state index contributed by atoms with van der Waals surface area (Å²) < 4.78 is 0. The van der Waals surface area contributed by atoms with Crippen molar-refractivity contribution in [2.24, 2.45) is 11.8 Å². The number of hydrogen-bond donors (Lipinski definition) is 1. The van der Waals surface area contributed by atoms with Gasteiger partial charge in [0, 0.05) is 6.04 Å². The molecule has 1 rings (SSSR count). The molecule has 0 aliphatic rings. The van der Waals surface area contributed by atoms with E-state index in [2.05, 4.69) is 64.3 Å². The fourth-order valence-corrected chi connectivity index (χ4v) is 2.77. The molecule has 0 fully saturated rings. The molecule has 1 nitrogen and oxygen atoms in total. The van der Waals surface area contributed by atoms with Gasteiger partial charge in [-0.15, -0.1) is 0 Å². The van der Waals surface area contributed by atoms with Crippen LogP contribution in [0.2, 0.25) is 0 Å². The lowest BCUT2D eigenvalue weighted by molar-refractivity contribution is 0.359. The summed E-state index contributed by atoms with van der Waals surface area (Å²) in [7, 11) is 2.07. The van der Waals surface area contributed by atoms with Crippen molar-refractivity contribution in [1.29, 1.82) is 0 Å². The molecule has 0 radical (unpaired) electrons. The van der Waals surface area contributed by atoms with Gasteiger partial charge in [0.15, 0.2) is 0 Å². The Morgan fingerprint density at radius 1 is 1.00 bits per heavy atom. The summed E-state index contributed by atoms with van der Waals surface area (Å²) in [5.74, 6) is 1.46. The number of rotatable bonds is 7. The van der Waals surface area contributed by atoms with Gasteiger partial charge in [-0.25, -0.2) is 0 Å². The third kappa shape index (κ3) is 4.13. The smallest absolute Gasteiger partial charge is 0.0345 e. The summed E-state index contributed by atoms with van der Waals surface area (Å²) in [5, 5.41) is 3.48. The average molecular weight is 247 g/mol. The first-order valence-electron chi connectivity index (χ1n) is 7.38. The second-order valence-corrected chi connectivity index (χ2v) is 5.68. The van der Waals surface area contributed by atoms with Crippen LogP contribution < -0.4 is 5.32 Å². The molecule has 102 valence electrons. The normalized spacial score (nSPS) is 13.3. The SMILES string of the molecule is CCC(CC)C(NC)c1ccc(CC(C)C)cc1. The lowest BCUT2D eigenvalue weighted by Gasteiger charge is -2.25. The van der Waals surface area contributed by atoms with Crippen LogP contribution >= 0.6 is 0 Å². The Balaban J connectivity index is 2.81. The van der Waals surface area contributed by atoms with Crippen molar-refractivity contribution >= 4 is 0 Å². The lowest BCUT2D eigenvalue weighted by Crippen LogP contribution is -2.24. The first-order chi connectivity index (χ1) is 8.62. The van der Waals surface area contributed by atoms with E-state index in [0.29, 0.717) is 6.04 Å². The van der Waals surface area contributed by atoms with Crippen LogP contribution in [0, 0.1) is 11.8 Å². The minimum atomic E-state index is 0.494. The topological polar surface area (TPSA) is 12.0 Å². The summed E-state index contributed by atoms with van der Waals surface area (Å²) in [4.78, 5) is 0. The van der Waals surface area contributed by atoms with E-state index in [9.17, 15) is 0 Å². The van der Waals surface area contributed by atoms with E-state index in [0.717, 1.165) is 11.8 Å². The molecule has 0 bridgehead atoms. The Hall–Kier alpha value is -0.820. The predicted molar refractivity (Wildman–Crippen MR) is 80.9 cm³/mol. The molecular weight excluding hydrogens is 218 g/mol. The summed E-state index contributed by atoms with van der Waals surface area (Å²) >= 11 is 0. The van der Waals surface area contributed by atoms with Crippen LogP contribution in [0.3, 0.4) is 0 Å². The van der Waals surface area contributed by atoms with E-state index in [4.69, 9.17) is 0 Å². The molecule has 1 N–H and O–H groups in total. The van der Waals surface area contributed by atoms with Crippen molar-refractivity contribution in [1.82, 2.24) is 5.32 Å². The van der Waals surface area contributed by atoms with Crippen LogP contribution in [0.5, 0.6) is 0 Å². The highest BCUT2D eigenvalue weighted by atomic mass is 14.9. The van der Waals surface area contributed by atoms with E-state index in [1.54, 1.807) is 0 Å². The van der Waals surface area contributed by atoms with E-state index in [1.165, 1.54) is 30.4 Å². The number of hydrogen-bond acceptors (Lipinski definition) is 1. The second kappa shape index (κ2) is 7.58. The molecule has 0 aliphatic carbocycles. The maximum atomic E-state index is 3.48. The molecule has 0 amide bonds. The first-order valence-corrected chi connectivity index (χ1v) is 7.38. The molecule has 1 heteroatoms.